The second-order valence-corrected chi connectivity index (χ2v) is 5.51. The molecule has 1 unspecified atom stereocenters. The molecule has 1 aromatic carbocycles. The van der Waals surface area contributed by atoms with E-state index in [1.165, 1.54) is 37.7 Å². The van der Waals surface area contributed by atoms with Gasteiger partial charge in [-0.25, -0.2) is 0 Å². The highest BCUT2D eigenvalue weighted by molar-refractivity contribution is 6.30. The summed E-state index contributed by atoms with van der Waals surface area (Å²) >= 11 is 5.94. The van der Waals surface area contributed by atoms with E-state index in [2.05, 4.69) is 24.4 Å². The Labute approximate surface area is 110 Å². The van der Waals surface area contributed by atoms with E-state index < -0.39 is 0 Å². The molecule has 1 fully saturated rings. The van der Waals surface area contributed by atoms with Crippen LogP contribution in [0.25, 0.3) is 0 Å². The lowest BCUT2D eigenvalue weighted by molar-refractivity contribution is 0.527. The molecule has 0 bridgehead atoms. The van der Waals surface area contributed by atoms with Crippen molar-refractivity contribution in [3.05, 3.63) is 34.9 Å². The Hall–Kier alpha value is -0.530. The lowest BCUT2D eigenvalue weighted by Gasteiger charge is -2.18. The summed E-state index contributed by atoms with van der Waals surface area (Å²) in [6.45, 7) is 3.37. The molecule has 0 saturated heterocycles. The highest BCUT2D eigenvalue weighted by Gasteiger charge is 2.22. The predicted molar refractivity (Wildman–Crippen MR) is 74.7 cm³/mol. The van der Waals surface area contributed by atoms with E-state index in [9.17, 15) is 0 Å². The first-order chi connectivity index (χ1) is 8.29. The molecule has 0 heterocycles. The standard InChI is InChI=1S/C15H22ClN/c1-2-3-4-13(11-17-15-9-10-15)12-5-7-14(16)8-6-12/h5-8,13,15,17H,2-4,9-11H2,1H3. The van der Waals surface area contributed by atoms with Gasteiger partial charge in [-0.15, -0.1) is 0 Å². The van der Waals surface area contributed by atoms with Crippen LogP contribution in [-0.4, -0.2) is 12.6 Å². The van der Waals surface area contributed by atoms with Crippen molar-refractivity contribution in [3.63, 3.8) is 0 Å². The fourth-order valence-electron chi connectivity index (χ4n) is 2.17. The molecule has 2 heteroatoms. The molecule has 1 aromatic rings. The zero-order valence-electron chi connectivity index (χ0n) is 10.6. The second-order valence-electron chi connectivity index (χ2n) is 5.07. The Morgan fingerprint density at radius 2 is 2.00 bits per heavy atom. The number of halogens is 1. The van der Waals surface area contributed by atoms with Gasteiger partial charge in [0.2, 0.25) is 0 Å². The zero-order valence-corrected chi connectivity index (χ0v) is 11.3. The van der Waals surface area contributed by atoms with Crippen molar-refractivity contribution in [3.8, 4) is 0 Å². The SMILES string of the molecule is CCCCC(CNC1CC1)c1ccc(Cl)cc1. The average Bonchev–Trinajstić information content (AvgIpc) is 3.15. The molecular formula is C15H22ClN. The molecule has 0 spiro atoms. The van der Waals surface area contributed by atoms with Crippen molar-refractivity contribution in [1.82, 2.24) is 5.32 Å². The van der Waals surface area contributed by atoms with Crippen LogP contribution in [0.5, 0.6) is 0 Å². The minimum absolute atomic E-state index is 0.646. The van der Waals surface area contributed by atoms with Crippen LogP contribution >= 0.6 is 11.6 Å². The highest BCUT2D eigenvalue weighted by atomic mass is 35.5. The Kier molecular flexibility index (Phi) is 4.87. The summed E-state index contributed by atoms with van der Waals surface area (Å²) < 4.78 is 0. The smallest absolute Gasteiger partial charge is 0.0406 e. The quantitative estimate of drug-likeness (QED) is 0.759. The van der Waals surface area contributed by atoms with Gasteiger partial charge >= 0.3 is 0 Å². The summed E-state index contributed by atoms with van der Waals surface area (Å²) in [6, 6.07) is 9.17. The topological polar surface area (TPSA) is 12.0 Å². The van der Waals surface area contributed by atoms with E-state index in [1.807, 2.05) is 12.1 Å². The number of nitrogens with one attached hydrogen (secondary N) is 1. The summed E-state index contributed by atoms with van der Waals surface area (Å²) in [4.78, 5) is 0. The maximum atomic E-state index is 5.94. The maximum absolute atomic E-state index is 5.94. The number of hydrogen-bond donors (Lipinski definition) is 1. The van der Waals surface area contributed by atoms with Gasteiger partial charge in [-0.3, -0.25) is 0 Å². The fraction of sp³-hybridized carbons (Fsp3) is 0.600. The molecule has 1 N–H and O–H groups in total. The van der Waals surface area contributed by atoms with E-state index >= 15 is 0 Å². The third-order valence-corrected chi connectivity index (χ3v) is 3.73. The van der Waals surface area contributed by atoms with E-state index in [4.69, 9.17) is 11.6 Å². The van der Waals surface area contributed by atoms with Gasteiger partial charge in [-0.2, -0.15) is 0 Å². The fourth-order valence-corrected chi connectivity index (χ4v) is 2.29. The van der Waals surface area contributed by atoms with Crippen LogP contribution in [0.1, 0.15) is 50.5 Å². The summed E-state index contributed by atoms with van der Waals surface area (Å²) in [5, 5.41) is 4.48. The van der Waals surface area contributed by atoms with Crippen molar-refractivity contribution in [2.45, 2.75) is 51.0 Å². The number of benzene rings is 1. The van der Waals surface area contributed by atoms with E-state index in [1.54, 1.807) is 0 Å². The van der Waals surface area contributed by atoms with Crippen LogP contribution in [0.3, 0.4) is 0 Å². The summed E-state index contributed by atoms with van der Waals surface area (Å²) in [6.07, 6.45) is 6.58. The Morgan fingerprint density at radius 3 is 2.59 bits per heavy atom. The van der Waals surface area contributed by atoms with Gasteiger partial charge in [0, 0.05) is 17.6 Å². The average molecular weight is 252 g/mol. The van der Waals surface area contributed by atoms with Crippen molar-refractivity contribution in [1.29, 1.82) is 0 Å². The molecule has 1 atom stereocenters. The Balaban J connectivity index is 1.93. The van der Waals surface area contributed by atoms with Gasteiger partial charge in [0.1, 0.15) is 0 Å². The largest absolute Gasteiger partial charge is 0.313 e. The van der Waals surface area contributed by atoms with Crippen molar-refractivity contribution < 1.29 is 0 Å². The molecule has 0 amide bonds. The Bertz CT molecular complexity index is 329. The molecule has 0 radical (unpaired) electrons. The minimum atomic E-state index is 0.646. The minimum Gasteiger partial charge on any atom is -0.313 e. The van der Waals surface area contributed by atoms with Crippen molar-refractivity contribution >= 4 is 11.6 Å². The molecule has 94 valence electrons. The molecular weight excluding hydrogens is 230 g/mol. The second kappa shape index (κ2) is 6.42. The molecule has 0 aromatic heterocycles. The molecule has 1 saturated carbocycles. The molecule has 0 aliphatic heterocycles. The Morgan fingerprint density at radius 1 is 1.29 bits per heavy atom. The first kappa shape index (κ1) is 12.9. The lowest BCUT2D eigenvalue weighted by atomic mass is 9.93. The molecule has 1 aliphatic carbocycles. The molecule has 17 heavy (non-hydrogen) atoms. The van der Waals surface area contributed by atoms with Crippen LogP contribution in [-0.2, 0) is 0 Å². The van der Waals surface area contributed by atoms with Gasteiger partial charge in [0.25, 0.3) is 0 Å². The maximum Gasteiger partial charge on any atom is 0.0406 e. The molecule has 1 nitrogen and oxygen atoms in total. The van der Waals surface area contributed by atoms with Gasteiger partial charge in [-0.05, 0) is 42.9 Å². The summed E-state index contributed by atoms with van der Waals surface area (Å²) in [5.74, 6) is 0.646. The van der Waals surface area contributed by atoms with Gasteiger partial charge in [0.05, 0.1) is 0 Å². The molecule has 2 rings (SSSR count). The van der Waals surface area contributed by atoms with Gasteiger partial charge in [0.15, 0.2) is 0 Å². The highest BCUT2D eigenvalue weighted by Crippen LogP contribution is 2.25. The number of hydrogen-bond acceptors (Lipinski definition) is 1. The van der Waals surface area contributed by atoms with E-state index in [-0.39, 0.29) is 0 Å². The van der Waals surface area contributed by atoms with Crippen LogP contribution in [0, 0.1) is 0 Å². The third kappa shape index (κ3) is 4.33. The monoisotopic (exact) mass is 251 g/mol. The van der Waals surface area contributed by atoms with E-state index in [0.717, 1.165) is 17.6 Å². The van der Waals surface area contributed by atoms with Gasteiger partial charge in [-0.1, -0.05) is 43.5 Å². The first-order valence-electron chi connectivity index (χ1n) is 6.78. The van der Waals surface area contributed by atoms with Crippen molar-refractivity contribution in [2.24, 2.45) is 0 Å². The normalized spacial score (nSPS) is 17.1. The van der Waals surface area contributed by atoms with Crippen molar-refractivity contribution in [2.75, 3.05) is 6.54 Å². The van der Waals surface area contributed by atoms with Crippen LogP contribution in [0.2, 0.25) is 5.02 Å². The summed E-state index contributed by atoms with van der Waals surface area (Å²) in [7, 11) is 0. The molecule has 1 aliphatic rings. The summed E-state index contributed by atoms with van der Waals surface area (Å²) in [5.41, 5.74) is 1.43. The van der Waals surface area contributed by atoms with Gasteiger partial charge < -0.3 is 5.32 Å². The third-order valence-electron chi connectivity index (χ3n) is 3.48. The lowest BCUT2D eigenvalue weighted by Crippen LogP contribution is -2.23. The zero-order chi connectivity index (χ0) is 12.1. The predicted octanol–water partition coefficient (Wildman–Crippen LogP) is 4.37. The van der Waals surface area contributed by atoms with E-state index in [0.29, 0.717) is 5.92 Å². The number of unbranched alkanes of at least 4 members (excludes halogenated alkanes) is 1. The number of rotatable bonds is 7. The van der Waals surface area contributed by atoms with Crippen LogP contribution in [0.4, 0.5) is 0 Å². The van der Waals surface area contributed by atoms with Crippen LogP contribution in [0.15, 0.2) is 24.3 Å². The van der Waals surface area contributed by atoms with Crippen LogP contribution < -0.4 is 5.32 Å². The first-order valence-corrected chi connectivity index (χ1v) is 7.16.